The molecule has 0 N–H and O–H groups in total. The molecule has 1 aliphatic carbocycles. The second-order valence-corrected chi connectivity index (χ2v) is 4.92. The highest BCUT2D eigenvalue weighted by molar-refractivity contribution is 5.26. The summed E-state index contributed by atoms with van der Waals surface area (Å²) in [7, 11) is 0. The van der Waals surface area contributed by atoms with Gasteiger partial charge < -0.3 is 0 Å². The summed E-state index contributed by atoms with van der Waals surface area (Å²) in [6, 6.07) is 4.26. The molecule has 2 heteroatoms. The summed E-state index contributed by atoms with van der Waals surface area (Å²) >= 11 is 0. The summed E-state index contributed by atoms with van der Waals surface area (Å²) in [6.07, 6.45) is 0. The molecule has 3 rings (SSSR count). The Morgan fingerprint density at radius 3 is 1.43 bits per heavy atom. The summed E-state index contributed by atoms with van der Waals surface area (Å²) in [6.45, 7) is 9.10. The number of aromatic nitrogens is 2. The molecule has 2 atom stereocenters. The van der Waals surface area contributed by atoms with Crippen LogP contribution in [-0.4, -0.2) is 10.2 Å². The Morgan fingerprint density at radius 1 is 0.857 bits per heavy atom. The third kappa shape index (κ3) is 1.33. The quantitative estimate of drug-likeness (QED) is 0.716. The van der Waals surface area contributed by atoms with Gasteiger partial charge in [-0.05, 0) is 24.0 Å². The van der Waals surface area contributed by atoms with Gasteiger partial charge in [-0.15, -0.1) is 0 Å². The number of nitrogens with zero attached hydrogens (tertiary/aromatic N) is 2. The molecule has 2 bridgehead atoms. The molecule has 2 aliphatic rings. The molecule has 0 spiro atoms. The van der Waals surface area contributed by atoms with Crippen LogP contribution in [0.15, 0.2) is 12.1 Å². The Kier molecular flexibility index (Phi) is 2.30. The smallest absolute Gasteiger partial charge is 0.0671 e. The zero-order valence-corrected chi connectivity index (χ0v) is 9.36. The zero-order chi connectivity index (χ0) is 10.3. The summed E-state index contributed by atoms with van der Waals surface area (Å²) < 4.78 is 0. The fourth-order valence-corrected chi connectivity index (χ4v) is 2.59. The van der Waals surface area contributed by atoms with E-state index in [9.17, 15) is 0 Å². The Morgan fingerprint density at radius 2 is 1.21 bits per heavy atom. The monoisotopic (exact) mass is 190 g/mol. The summed E-state index contributed by atoms with van der Waals surface area (Å²) in [4.78, 5) is 0. The van der Waals surface area contributed by atoms with Gasteiger partial charge in [0.25, 0.3) is 0 Å². The van der Waals surface area contributed by atoms with Crippen molar-refractivity contribution in [3.8, 4) is 0 Å². The zero-order valence-electron chi connectivity index (χ0n) is 9.36. The van der Waals surface area contributed by atoms with Crippen LogP contribution in [0.4, 0.5) is 0 Å². The lowest BCUT2D eigenvalue weighted by Gasteiger charge is -2.35. The second kappa shape index (κ2) is 3.34. The molecule has 2 heterocycles. The van der Waals surface area contributed by atoms with Gasteiger partial charge in [-0.1, -0.05) is 27.7 Å². The highest BCUT2D eigenvalue weighted by atomic mass is 15.1. The van der Waals surface area contributed by atoms with Crippen molar-refractivity contribution in [2.75, 3.05) is 0 Å². The average molecular weight is 190 g/mol. The van der Waals surface area contributed by atoms with Gasteiger partial charge in [0.05, 0.1) is 11.4 Å². The van der Waals surface area contributed by atoms with Gasteiger partial charge in [0.2, 0.25) is 0 Å². The van der Waals surface area contributed by atoms with Crippen molar-refractivity contribution in [2.45, 2.75) is 39.5 Å². The number of hydrogen-bond acceptors (Lipinski definition) is 2. The van der Waals surface area contributed by atoms with E-state index < -0.39 is 0 Å². The van der Waals surface area contributed by atoms with E-state index in [4.69, 9.17) is 0 Å². The van der Waals surface area contributed by atoms with Crippen molar-refractivity contribution in [3.05, 3.63) is 23.5 Å². The van der Waals surface area contributed by atoms with E-state index in [1.165, 1.54) is 11.4 Å². The van der Waals surface area contributed by atoms with E-state index in [1.54, 1.807) is 0 Å². The van der Waals surface area contributed by atoms with Gasteiger partial charge in [0, 0.05) is 11.8 Å². The molecule has 0 aromatic carbocycles. The molecule has 0 amide bonds. The highest BCUT2D eigenvalue weighted by Crippen LogP contribution is 2.44. The summed E-state index contributed by atoms with van der Waals surface area (Å²) in [5.74, 6) is 2.45. The Labute approximate surface area is 85.8 Å². The van der Waals surface area contributed by atoms with Crippen LogP contribution in [0.25, 0.3) is 0 Å². The molecule has 1 aliphatic heterocycles. The van der Waals surface area contributed by atoms with Crippen LogP contribution in [0.1, 0.15) is 50.9 Å². The highest BCUT2D eigenvalue weighted by Gasteiger charge is 2.35. The predicted octanol–water partition coefficient (Wildman–Crippen LogP) is 2.97. The molecule has 2 nitrogen and oxygen atoms in total. The summed E-state index contributed by atoms with van der Waals surface area (Å²) in [5, 5.41) is 8.50. The van der Waals surface area contributed by atoms with E-state index in [-0.39, 0.29) is 0 Å². The third-order valence-electron chi connectivity index (χ3n) is 3.21. The van der Waals surface area contributed by atoms with Crippen LogP contribution in [0.2, 0.25) is 0 Å². The van der Waals surface area contributed by atoms with E-state index in [1.807, 2.05) is 0 Å². The standard InChI is InChI=1S/C12H18N2/c1-7(2)11-9-5-6-10(14-13-9)12(11)8(3)4/h5-8,11-12H,1-4H3. The van der Waals surface area contributed by atoms with E-state index >= 15 is 0 Å². The lowest BCUT2D eigenvalue weighted by Crippen LogP contribution is -2.28. The Bertz CT molecular complexity index is 281. The number of hydrogen-bond donors (Lipinski definition) is 0. The molecule has 1 aromatic rings. The Balaban J connectivity index is 2.43. The van der Waals surface area contributed by atoms with E-state index in [2.05, 4.69) is 50.0 Å². The first-order chi connectivity index (χ1) is 6.61. The van der Waals surface area contributed by atoms with E-state index in [0.29, 0.717) is 23.7 Å². The van der Waals surface area contributed by atoms with Gasteiger partial charge in [0.1, 0.15) is 0 Å². The topological polar surface area (TPSA) is 25.8 Å². The van der Waals surface area contributed by atoms with Gasteiger partial charge in [-0.3, -0.25) is 0 Å². The molecule has 2 unspecified atom stereocenters. The minimum Gasteiger partial charge on any atom is -0.155 e. The molecule has 1 aromatic heterocycles. The maximum absolute atomic E-state index is 4.25. The minimum atomic E-state index is 0.576. The van der Waals surface area contributed by atoms with Gasteiger partial charge in [-0.25, -0.2) is 0 Å². The first-order valence-electron chi connectivity index (χ1n) is 5.44. The predicted molar refractivity (Wildman–Crippen MR) is 57.2 cm³/mol. The first kappa shape index (κ1) is 9.63. The molecule has 0 saturated heterocycles. The van der Waals surface area contributed by atoms with Crippen molar-refractivity contribution in [3.63, 3.8) is 0 Å². The largest absolute Gasteiger partial charge is 0.155 e. The molecule has 0 saturated carbocycles. The Hall–Kier alpha value is -0.920. The van der Waals surface area contributed by atoms with Crippen LogP contribution in [0.3, 0.4) is 0 Å². The molecule has 0 radical (unpaired) electrons. The van der Waals surface area contributed by atoms with Crippen molar-refractivity contribution in [2.24, 2.45) is 11.8 Å². The fraction of sp³-hybridized carbons (Fsp3) is 0.667. The van der Waals surface area contributed by atoms with E-state index in [0.717, 1.165) is 0 Å². The maximum Gasteiger partial charge on any atom is 0.0671 e. The van der Waals surface area contributed by atoms with Crippen LogP contribution < -0.4 is 0 Å². The van der Waals surface area contributed by atoms with Gasteiger partial charge in [-0.2, -0.15) is 10.2 Å². The van der Waals surface area contributed by atoms with Crippen LogP contribution in [0.5, 0.6) is 0 Å². The SMILES string of the molecule is CC(C)C1c2ccc(nn2)C1C(C)C. The molecule has 0 fully saturated rings. The lowest BCUT2D eigenvalue weighted by molar-refractivity contribution is 0.315. The third-order valence-corrected chi connectivity index (χ3v) is 3.21. The van der Waals surface area contributed by atoms with Crippen LogP contribution in [0, 0.1) is 11.8 Å². The average Bonchev–Trinajstić information content (AvgIpc) is 2.17. The first-order valence-corrected chi connectivity index (χ1v) is 5.44. The van der Waals surface area contributed by atoms with Crippen LogP contribution >= 0.6 is 0 Å². The normalized spacial score (nSPS) is 25.0. The van der Waals surface area contributed by atoms with Crippen molar-refractivity contribution < 1.29 is 0 Å². The van der Waals surface area contributed by atoms with Gasteiger partial charge in [0.15, 0.2) is 0 Å². The minimum absolute atomic E-state index is 0.576. The second-order valence-electron chi connectivity index (χ2n) is 4.92. The van der Waals surface area contributed by atoms with Crippen LogP contribution in [-0.2, 0) is 0 Å². The lowest BCUT2D eigenvalue weighted by atomic mass is 9.71. The summed E-state index contributed by atoms with van der Waals surface area (Å²) in [5.41, 5.74) is 2.35. The fourth-order valence-electron chi connectivity index (χ4n) is 2.59. The number of fused-ring (bicyclic) bond motifs is 3. The van der Waals surface area contributed by atoms with Crippen molar-refractivity contribution in [1.29, 1.82) is 0 Å². The molecular formula is C12H18N2. The van der Waals surface area contributed by atoms with Crippen molar-refractivity contribution in [1.82, 2.24) is 10.2 Å². The molecular weight excluding hydrogens is 172 g/mol. The number of rotatable bonds is 2. The van der Waals surface area contributed by atoms with Gasteiger partial charge >= 0.3 is 0 Å². The molecule has 76 valence electrons. The maximum atomic E-state index is 4.25. The van der Waals surface area contributed by atoms with Crippen molar-refractivity contribution >= 4 is 0 Å². The molecule has 14 heavy (non-hydrogen) atoms.